The second-order valence-corrected chi connectivity index (χ2v) is 4.99. The van der Waals surface area contributed by atoms with Gasteiger partial charge in [-0.1, -0.05) is 6.42 Å². The van der Waals surface area contributed by atoms with Gasteiger partial charge in [0.15, 0.2) is 0 Å². The lowest BCUT2D eigenvalue weighted by Crippen LogP contribution is -2.45. The zero-order chi connectivity index (χ0) is 10.7. The molecule has 2 aliphatic rings. The topological polar surface area (TPSA) is 32.3 Å². The lowest BCUT2D eigenvalue weighted by Gasteiger charge is -2.34. The number of likely N-dealkylation sites (tertiary alicyclic amines) is 1. The van der Waals surface area contributed by atoms with Gasteiger partial charge in [0.1, 0.15) is 0 Å². The van der Waals surface area contributed by atoms with Crippen molar-refractivity contribution in [2.45, 2.75) is 45.1 Å². The summed E-state index contributed by atoms with van der Waals surface area (Å²) in [5.74, 6) is 1.17. The average Bonchev–Trinajstić information content (AvgIpc) is 2.16. The molecule has 0 spiro atoms. The molecule has 1 saturated carbocycles. The molecule has 0 aromatic heterocycles. The van der Waals surface area contributed by atoms with Gasteiger partial charge in [-0.3, -0.25) is 4.79 Å². The lowest BCUT2D eigenvalue weighted by molar-refractivity contribution is -0.129. The molecule has 1 saturated heterocycles. The van der Waals surface area contributed by atoms with E-state index in [-0.39, 0.29) is 5.91 Å². The highest BCUT2D eigenvalue weighted by atomic mass is 16.2. The van der Waals surface area contributed by atoms with Gasteiger partial charge >= 0.3 is 0 Å². The Kier molecular flexibility index (Phi) is 3.62. The Morgan fingerprint density at radius 1 is 1.27 bits per heavy atom. The third-order valence-corrected chi connectivity index (χ3v) is 3.86. The number of piperidine rings is 1. The van der Waals surface area contributed by atoms with Crippen LogP contribution in [0.4, 0.5) is 0 Å². The summed E-state index contributed by atoms with van der Waals surface area (Å²) in [6.45, 7) is 4.75. The van der Waals surface area contributed by atoms with Crippen LogP contribution >= 0.6 is 0 Å². The first-order chi connectivity index (χ1) is 7.25. The van der Waals surface area contributed by atoms with Crippen molar-refractivity contribution in [2.24, 2.45) is 5.92 Å². The fourth-order valence-corrected chi connectivity index (χ4v) is 2.43. The Morgan fingerprint density at radius 2 is 1.93 bits per heavy atom. The number of hydrogen-bond donors (Lipinski definition) is 1. The third kappa shape index (κ3) is 2.94. The van der Waals surface area contributed by atoms with E-state index in [1.807, 2.05) is 4.90 Å². The van der Waals surface area contributed by atoms with Crippen molar-refractivity contribution in [3.8, 4) is 0 Å². The molecule has 0 bridgehead atoms. The normalized spacial score (nSPS) is 23.9. The summed E-state index contributed by atoms with van der Waals surface area (Å²) in [7, 11) is 0. The first-order valence-electron chi connectivity index (χ1n) is 6.24. The molecule has 0 radical (unpaired) electrons. The van der Waals surface area contributed by atoms with Crippen LogP contribution in [0, 0.1) is 5.92 Å². The van der Waals surface area contributed by atoms with E-state index < -0.39 is 0 Å². The summed E-state index contributed by atoms with van der Waals surface area (Å²) < 4.78 is 0. The fourth-order valence-electron chi connectivity index (χ4n) is 2.43. The minimum absolute atomic E-state index is 0.229. The molecular formula is C12H22N2O. The number of hydrogen-bond acceptors (Lipinski definition) is 2. The zero-order valence-corrected chi connectivity index (χ0v) is 9.67. The molecule has 1 N–H and O–H groups in total. The minimum atomic E-state index is 0.229. The van der Waals surface area contributed by atoms with E-state index in [0.29, 0.717) is 6.04 Å². The maximum Gasteiger partial charge on any atom is 0.219 e. The number of rotatable bonds is 3. The third-order valence-electron chi connectivity index (χ3n) is 3.86. The minimum Gasteiger partial charge on any atom is -0.343 e. The Hall–Kier alpha value is -0.570. The van der Waals surface area contributed by atoms with Gasteiger partial charge in [0, 0.05) is 26.1 Å². The van der Waals surface area contributed by atoms with Gasteiger partial charge in [-0.15, -0.1) is 0 Å². The van der Waals surface area contributed by atoms with Crippen LogP contribution in [0.3, 0.4) is 0 Å². The molecule has 1 aliphatic heterocycles. The Balaban J connectivity index is 1.62. The van der Waals surface area contributed by atoms with Gasteiger partial charge in [-0.25, -0.2) is 0 Å². The molecule has 0 atom stereocenters. The van der Waals surface area contributed by atoms with E-state index in [1.54, 1.807) is 6.92 Å². The highest BCUT2D eigenvalue weighted by Gasteiger charge is 2.22. The molecule has 1 amide bonds. The molecule has 3 heteroatoms. The van der Waals surface area contributed by atoms with Gasteiger partial charge < -0.3 is 10.2 Å². The Bertz CT molecular complexity index is 218. The highest BCUT2D eigenvalue weighted by Crippen LogP contribution is 2.25. The molecule has 2 rings (SSSR count). The number of amides is 1. The smallest absolute Gasteiger partial charge is 0.219 e. The average molecular weight is 210 g/mol. The number of carbonyl (C=O) groups excluding carboxylic acids is 1. The van der Waals surface area contributed by atoms with E-state index in [2.05, 4.69) is 5.32 Å². The van der Waals surface area contributed by atoms with Crippen molar-refractivity contribution in [3.05, 3.63) is 0 Å². The maximum absolute atomic E-state index is 11.1. The predicted molar refractivity (Wildman–Crippen MR) is 60.6 cm³/mol. The van der Waals surface area contributed by atoms with E-state index in [0.717, 1.165) is 31.8 Å². The van der Waals surface area contributed by atoms with Crippen molar-refractivity contribution in [3.63, 3.8) is 0 Å². The van der Waals surface area contributed by atoms with Crippen LogP contribution in [-0.4, -0.2) is 36.5 Å². The van der Waals surface area contributed by atoms with Crippen LogP contribution in [0.1, 0.15) is 39.0 Å². The van der Waals surface area contributed by atoms with Gasteiger partial charge in [-0.2, -0.15) is 0 Å². The predicted octanol–water partition coefficient (Wildman–Crippen LogP) is 1.39. The first-order valence-corrected chi connectivity index (χ1v) is 6.24. The lowest BCUT2D eigenvalue weighted by atomic mass is 9.85. The fraction of sp³-hybridized carbons (Fsp3) is 0.917. The maximum atomic E-state index is 11.1. The second kappa shape index (κ2) is 4.97. The van der Waals surface area contributed by atoms with Crippen LogP contribution in [0.2, 0.25) is 0 Å². The van der Waals surface area contributed by atoms with E-state index in [9.17, 15) is 4.79 Å². The quantitative estimate of drug-likeness (QED) is 0.763. The van der Waals surface area contributed by atoms with Crippen molar-refractivity contribution in [1.82, 2.24) is 10.2 Å². The number of nitrogens with zero attached hydrogens (tertiary/aromatic N) is 1. The molecule has 3 nitrogen and oxygen atoms in total. The molecule has 0 aromatic rings. The zero-order valence-electron chi connectivity index (χ0n) is 9.67. The summed E-state index contributed by atoms with van der Waals surface area (Å²) in [5.41, 5.74) is 0. The van der Waals surface area contributed by atoms with Crippen LogP contribution < -0.4 is 5.32 Å². The van der Waals surface area contributed by atoms with Crippen LogP contribution in [-0.2, 0) is 4.79 Å². The Labute approximate surface area is 92.2 Å². The Morgan fingerprint density at radius 3 is 2.40 bits per heavy atom. The first kappa shape index (κ1) is 10.9. The van der Waals surface area contributed by atoms with Crippen molar-refractivity contribution in [2.75, 3.05) is 19.6 Å². The monoisotopic (exact) mass is 210 g/mol. The van der Waals surface area contributed by atoms with Gasteiger partial charge in [0.05, 0.1) is 0 Å². The van der Waals surface area contributed by atoms with E-state index in [4.69, 9.17) is 0 Å². The standard InChI is InChI=1S/C12H22N2O/c1-10(15)14-7-5-12(6-8-14)13-9-11-3-2-4-11/h11-13H,2-9H2,1H3. The summed E-state index contributed by atoms with van der Waals surface area (Å²) in [6.07, 6.45) is 6.52. The van der Waals surface area contributed by atoms with Crippen molar-refractivity contribution < 1.29 is 4.79 Å². The molecule has 0 aromatic carbocycles. The molecule has 15 heavy (non-hydrogen) atoms. The largest absolute Gasteiger partial charge is 0.343 e. The van der Waals surface area contributed by atoms with Gasteiger partial charge in [0.25, 0.3) is 0 Å². The molecule has 0 unspecified atom stereocenters. The summed E-state index contributed by atoms with van der Waals surface area (Å²) in [5, 5.41) is 3.65. The van der Waals surface area contributed by atoms with Crippen LogP contribution in [0.25, 0.3) is 0 Å². The summed E-state index contributed by atoms with van der Waals surface area (Å²) in [4.78, 5) is 13.1. The van der Waals surface area contributed by atoms with Crippen LogP contribution in [0.5, 0.6) is 0 Å². The molecule has 86 valence electrons. The molecule has 2 fully saturated rings. The second-order valence-electron chi connectivity index (χ2n) is 4.99. The van der Waals surface area contributed by atoms with E-state index in [1.165, 1.54) is 25.8 Å². The SMILES string of the molecule is CC(=O)N1CCC(NCC2CCC2)CC1. The highest BCUT2D eigenvalue weighted by molar-refractivity contribution is 5.73. The van der Waals surface area contributed by atoms with Crippen molar-refractivity contribution in [1.29, 1.82) is 0 Å². The summed E-state index contributed by atoms with van der Waals surface area (Å²) in [6, 6.07) is 0.654. The number of carbonyl (C=O) groups is 1. The molecule has 1 aliphatic carbocycles. The molecule has 1 heterocycles. The van der Waals surface area contributed by atoms with E-state index >= 15 is 0 Å². The van der Waals surface area contributed by atoms with Crippen molar-refractivity contribution >= 4 is 5.91 Å². The van der Waals surface area contributed by atoms with Gasteiger partial charge in [-0.05, 0) is 38.1 Å². The molecular weight excluding hydrogens is 188 g/mol. The number of nitrogens with one attached hydrogen (secondary N) is 1. The van der Waals surface area contributed by atoms with Crippen LogP contribution in [0.15, 0.2) is 0 Å². The van der Waals surface area contributed by atoms with Gasteiger partial charge in [0.2, 0.25) is 5.91 Å². The summed E-state index contributed by atoms with van der Waals surface area (Å²) >= 11 is 0.